The molecular formula is C32H38N6O3S. The summed E-state index contributed by atoms with van der Waals surface area (Å²) in [6.07, 6.45) is 3.70. The number of piperidine rings is 1. The fourth-order valence-electron chi connectivity index (χ4n) is 5.72. The maximum Gasteiger partial charge on any atom is 0.229 e. The highest BCUT2D eigenvalue weighted by Gasteiger charge is 2.28. The van der Waals surface area contributed by atoms with Gasteiger partial charge in [0.25, 0.3) is 0 Å². The lowest BCUT2D eigenvalue weighted by Crippen LogP contribution is -2.50. The second-order valence-corrected chi connectivity index (χ2v) is 13.7. The first-order valence-corrected chi connectivity index (χ1v) is 16.2. The van der Waals surface area contributed by atoms with E-state index >= 15 is 0 Å². The lowest BCUT2D eigenvalue weighted by molar-refractivity contribution is 0.100. The van der Waals surface area contributed by atoms with Gasteiger partial charge in [0, 0.05) is 36.3 Å². The Labute approximate surface area is 247 Å². The van der Waals surface area contributed by atoms with Crippen molar-refractivity contribution in [2.75, 3.05) is 48.8 Å². The lowest BCUT2D eigenvalue weighted by atomic mass is 9.99. The molecule has 220 valence electrons. The largest absolute Gasteiger partial charge is 0.494 e. The average Bonchev–Trinajstić information content (AvgIpc) is 2.97. The molecule has 0 radical (unpaired) electrons. The van der Waals surface area contributed by atoms with Crippen LogP contribution in [0.2, 0.25) is 0 Å². The molecule has 2 fully saturated rings. The SMILES string of the molecule is COc1cc(N2CCC(N3CCC3)CC2)ccc1Nc1nc(Nc2ccccc2S(=O)(=O)C(C)C)c2ccccc2n1. The van der Waals surface area contributed by atoms with E-state index in [1.54, 1.807) is 39.2 Å². The summed E-state index contributed by atoms with van der Waals surface area (Å²) in [6.45, 7) is 7.93. The lowest BCUT2D eigenvalue weighted by Gasteiger charge is -2.43. The third-order valence-electron chi connectivity index (χ3n) is 8.34. The Morgan fingerprint density at radius 1 is 0.881 bits per heavy atom. The molecule has 0 aliphatic carbocycles. The van der Waals surface area contributed by atoms with Gasteiger partial charge in [0.15, 0.2) is 9.84 Å². The number of likely N-dealkylation sites (tertiary alicyclic amines) is 1. The van der Waals surface area contributed by atoms with Crippen LogP contribution in [0.4, 0.5) is 28.8 Å². The number of sulfone groups is 1. The van der Waals surface area contributed by atoms with Crippen molar-refractivity contribution < 1.29 is 13.2 Å². The molecule has 6 rings (SSSR count). The fraction of sp³-hybridized carbons (Fsp3) is 0.375. The molecule has 0 bridgehead atoms. The minimum atomic E-state index is -3.51. The number of para-hydroxylation sites is 2. The molecule has 9 nitrogen and oxygen atoms in total. The maximum atomic E-state index is 13.1. The predicted octanol–water partition coefficient (Wildman–Crippen LogP) is 5.98. The van der Waals surface area contributed by atoms with Gasteiger partial charge in [-0.2, -0.15) is 4.98 Å². The number of ether oxygens (including phenoxy) is 1. The molecule has 0 atom stereocenters. The Hall–Kier alpha value is -3.89. The molecule has 2 N–H and O–H groups in total. The molecule has 2 aliphatic heterocycles. The zero-order chi connectivity index (χ0) is 29.3. The predicted molar refractivity (Wildman–Crippen MR) is 169 cm³/mol. The molecule has 2 saturated heterocycles. The van der Waals surface area contributed by atoms with Crippen molar-refractivity contribution in [2.45, 2.75) is 49.3 Å². The van der Waals surface area contributed by atoms with E-state index in [0.717, 1.165) is 35.4 Å². The molecule has 10 heteroatoms. The molecule has 1 aromatic heterocycles. The van der Waals surface area contributed by atoms with E-state index in [1.807, 2.05) is 36.4 Å². The van der Waals surface area contributed by atoms with Crippen molar-refractivity contribution in [3.05, 3.63) is 66.7 Å². The summed E-state index contributed by atoms with van der Waals surface area (Å²) in [4.78, 5) is 14.8. The van der Waals surface area contributed by atoms with Crippen LogP contribution < -0.4 is 20.3 Å². The van der Waals surface area contributed by atoms with Gasteiger partial charge in [-0.15, -0.1) is 0 Å². The maximum absolute atomic E-state index is 13.1. The highest BCUT2D eigenvalue weighted by atomic mass is 32.2. The molecular weight excluding hydrogens is 548 g/mol. The van der Waals surface area contributed by atoms with Crippen LogP contribution in [0.1, 0.15) is 33.1 Å². The van der Waals surface area contributed by atoms with Gasteiger partial charge in [-0.3, -0.25) is 0 Å². The molecule has 4 aromatic rings. The summed E-state index contributed by atoms with van der Waals surface area (Å²) in [6, 6.07) is 21.5. The summed E-state index contributed by atoms with van der Waals surface area (Å²) >= 11 is 0. The number of fused-ring (bicyclic) bond motifs is 1. The minimum Gasteiger partial charge on any atom is -0.494 e. The van der Waals surface area contributed by atoms with Crippen LogP contribution in [0.25, 0.3) is 10.9 Å². The van der Waals surface area contributed by atoms with Gasteiger partial charge in [-0.05, 0) is 82.6 Å². The average molecular weight is 587 g/mol. The van der Waals surface area contributed by atoms with Crippen molar-refractivity contribution in [1.82, 2.24) is 14.9 Å². The van der Waals surface area contributed by atoms with Gasteiger partial charge in [0.05, 0.1) is 34.1 Å². The van der Waals surface area contributed by atoms with Crippen LogP contribution in [-0.4, -0.2) is 67.9 Å². The van der Waals surface area contributed by atoms with Crippen LogP contribution in [0, 0.1) is 0 Å². The van der Waals surface area contributed by atoms with E-state index < -0.39 is 15.1 Å². The zero-order valence-electron chi connectivity index (χ0n) is 24.4. The number of nitrogens with one attached hydrogen (secondary N) is 2. The summed E-state index contributed by atoms with van der Waals surface area (Å²) in [5.41, 5.74) is 3.09. The van der Waals surface area contributed by atoms with E-state index in [2.05, 4.69) is 32.6 Å². The fourth-order valence-corrected chi connectivity index (χ4v) is 6.92. The Morgan fingerprint density at radius 2 is 1.62 bits per heavy atom. The van der Waals surface area contributed by atoms with Gasteiger partial charge in [0.1, 0.15) is 11.6 Å². The van der Waals surface area contributed by atoms with Crippen molar-refractivity contribution >= 4 is 49.6 Å². The molecule has 3 aromatic carbocycles. The number of rotatable bonds is 9. The number of anilines is 5. The number of aromatic nitrogens is 2. The van der Waals surface area contributed by atoms with Gasteiger partial charge >= 0.3 is 0 Å². The van der Waals surface area contributed by atoms with Gasteiger partial charge < -0.3 is 25.2 Å². The first-order chi connectivity index (χ1) is 20.3. The summed E-state index contributed by atoms with van der Waals surface area (Å²) in [5.74, 6) is 1.59. The number of methoxy groups -OCH3 is 1. The number of hydrogen-bond donors (Lipinski definition) is 2. The third kappa shape index (κ3) is 5.61. The molecule has 0 amide bonds. The first kappa shape index (κ1) is 28.2. The topological polar surface area (TPSA) is 99.7 Å². The smallest absolute Gasteiger partial charge is 0.229 e. The molecule has 3 heterocycles. The molecule has 0 spiro atoms. The van der Waals surface area contributed by atoms with Crippen molar-refractivity contribution in [2.24, 2.45) is 0 Å². The molecule has 0 unspecified atom stereocenters. The highest BCUT2D eigenvalue weighted by molar-refractivity contribution is 7.92. The van der Waals surface area contributed by atoms with Crippen molar-refractivity contribution in [1.29, 1.82) is 0 Å². The summed E-state index contributed by atoms with van der Waals surface area (Å²) in [5, 5.41) is 6.86. The van der Waals surface area contributed by atoms with Crippen molar-refractivity contribution in [3.63, 3.8) is 0 Å². The van der Waals surface area contributed by atoms with E-state index in [1.165, 1.54) is 32.4 Å². The van der Waals surface area contributed by atoms with E-state index in [0.29, 0.717) is 29.2 Å². The molecule has 42 heavy (non-hydrogen) atoms. The number of benzene rings is 3. The van der Waals surface area contributed by atoms with Gasteiger partial charge in [-0.25, -0.2) is 13.4 Å². The Morgan fingerprint density at radius 3 is 2.33 bits per heavy atom. The second kappa shape index (κ2) is 11.8. The molecule has 0 saturated carbocycles. The standard InChI is InChI=1S/C32H38N6O3S/c1-22(2)42(39,40)30-12-7-6-11-28(30)33-31-25-9-4-5-10-26(25)34-32(36-31)35-27-14-13-24(21-29(27)41-3)38-19-15-23(16-20-38)37-17-8-18-37/h4-7,9-14,21-23H,8,15-20H2,1-3H3,(H2,33,34,35,36). The normalized spacial score (nSPS) is 16.4. The van der Waals surface area contributed by atoms with Crippen LogP contribution in [-0.2, 0) is 9.84 Å². The van der Waals surface area contributed by atoms with Gasteiger partial charge in [-0.1, -0.05) is 24.3 Å². The van der Waals surface area contributed by atoms with Gasteiger partial charge in [0.2, 0.25) is 5.95 Å². The van der Waals surface area contributed by atoms with Crippen LogP contribution in [0.5, 0.6) is 5.75 Å². The van der Waals surface area contributed by atoms with E-state index in [9.17, 15) is 8.42 Å². The minimum absolute atomic E-state index is 0.239. The Balaban J connectivity index is 1.27. The van der Waals surface area contributed by atoms with Crippen LogP contribution >= 0.6 is 0 Å². The first-order valence-electron chi connectivity index (χ1n) is 14.6. The summed E-state index contributed by atoms with van der Waals surface area (Å²) < 4.78 is 32.0. The molecule has 2 aliphatic rings. The quantitative estimate of drug-likeness (QED) is 0.245. The van der Waals surface area contributed by atoms with E-state index in [4.69, 9.17) is 14.7 Å². The monoisotopic (exact) mass is 586 g/mol. The summed E-state index contributed by atoms with van der Waals surface area (Å²) in [7, 11) is -1.85. The number of hydrogen-bond acceptors (Lipinski definition) is 9. The van der Waals surface area contributed by atoms with E-state index in [-0.39, 0.29) is 4.90 Å². The van der Waals surface area contributed by atoms with Crippen LogP contribution in [0.3, 0.4) is 0 Å². The van der Waals surface area contributed by atoms with Crippen LogP contribution in [0.15, 0.2) is 71.6 Å². The second-order valence-electron chi connectivity index (χ2n) is 11.2. The zero-order valence-corrected chi connectivity index (χ0v) is 25.2. The van der Waals surface area contributed by atoms with Crippen molar-refractivity contribution in [3.8, 4) is 5.75 Å². The number of nitrogens with zero attached hydrogens (tertiary/aromatic N) is 4. The Kier molecular flexibility index (Phi) is 7.92. The highest BCUT2D eigenvalue weighted by Crippen LogP contribution is 2.35. The third-order valence-corrected chi connectivity index (χ3v) is 10.5. The Bertz CT molecular complexity index is 1680.